The lowest BCUT2D eigenvalue weighted by molar-refractivity contribution is 0.990. The maximum atomic E-state index is 4.35. The van der Waals surface area contributed by atoms with Crippen LogP contribution in [0.2, 0.25) is 0 Å². The van der Waals surface area contributed by atoms with Crippen LogP contribution in [0.25, 0.3) is 0 Å². The van der Waals surface area contributed by atoms with Crippen LogP contribution >= 0.6 is 15.9 Å². The highest BCUT2D eigenvalue weighted by Gasteiger charge is 2.01. The van der Waals surface area contributed by atoms with Gasteiger partial charge >= 0.3 is 0 Å². The van der Waals surface area contributed by atoms with E-state index in [2.05, 4.69) is 71.3 Å². The van der Waals surface area contributed by atoms with E-state index < -0.39 is 0 Å². The molecule has 1 heterocycles. The molecule has 0 spiro atoms. The van der Waals surface area contributed by atoms with Crippen molar-refractivity contribution in [2.24, 2.45) is 0 Å². The van der Waals surface area contributed by atoms with Gasteiger partial charge in [-0.2, -0.15) is 0 Å². The van der Waals surface area contributed by atoms with E-state index in [0.29, 0.717) is 0 Å². The zero-order valence-corrected chi connectivity index (χ0v) is 13.2. The highest BCUT2D eigenvalue weighted by Crippen LogP contribution is 2.17. The summed E-state index contributed by atoms with van der Waals surface area (Å²) in [5.74, 6) is 0.936. The van der Waals surface area contributed by atoms with Crippen molar-refractivity contribution >= 4 is 21.7 Å². The molecule has 0 aliphatic heterocycles. The molecule has 0 saturated heterocycles. The minimum absolute atomic E-state index is 0.901. The summed E-state index contributed by atoms with van der Waals surface area (Å²) in [6.45, 7) is 7.27. The Morgan fingerprint density at radius 2 is 1.89 bits per heavy atom. The zero-order chi connectivity index (χ0) is 13.8. The molecule has 0 unspecified atom stereocenters. The van der Waals surface area contributed by atoms with E-state index >= 15 is 0 Å². The molecule has 0 fully saturated rings. The van der Waals surface area contributed by atoms with Crippen LogP contribution in [0.3, 0.4) is 0 Å². The first-order valence-electron chi connectivity index (χ1n) is 6.48. The Hall–Kier alpha value is -1.35. The number of nitrogens with one attached hydrogen (secondary N) is 1. The SMILES string of the molecule is Cc1ccc(CCNc2cc(C)c(Br)cn2)c(C)c1. The summed E-state index contributed by atoms with van der Waals surface area (Å²) in [4.78, 5) is 4.35. The standard InChI is InChI=1S/C16H19BrN2/c1-11-4-5-14(12(2)8-11)6-7-18-16-9-13(3)15(17)10-19-16/h4-5,8-10H,6-7H2,1-3H3,(H,18,19). The Morgan fingerprint density at radius 1 is 1.11 bits per heavy atom. The quantitative estimate of drug-likeness (QED) is 0.902. The number of hydrogen-bond donors (Lipinski definition) is 1. The van der Waals surface area contributed by atoms with Crippen molar-refractivity contribution in [2.45, 2.75) is 27.2 Å². The van der Waals surface area contributed by atoms with Gasteiger partial charge in [-0.1, -0.05) is 23.8 Å². The molecule has 100 valence electrons. The molecule has 0 radical (unpaired) electrons. The topological polar surface area (TPSA) is 24.9 Å². The first kappa shape index (κ1) is 14.1. The van der Waals surface area contributed by atoms with Gasteiger partial charge in [0.25, 0.3) is 0 Å². The average Bonchev–Trinajstić information content (AvgIpc) is 2.36. The largest absolute Gasteiger partial charge is 0.370 e. The number of pyridine rings is 1. The van der Waals surface area contributed by atoms with E-state index in [1.54, 1.807) is 0 Å². The molecule has 1 N–H and O–H groups in total. The first-order valence-corrected chi connectivity index (χ1v) is 7.27. The highest BCUT2D eigenvalue weighted by molar-refractivity contribution is 9.10. The van der Waals surface area contributed by atoms with Crippen LogP contribution in [0.5, 0.6) is 0 Å². The molecule has 0 aliphatic carbocycles. The molecular weight excluding hydrogens is 300 g/mol. The Balaban J connectivity index is 1.94. The van der Waals surface area contributed by atoms with Crippen molar-refractivity contribution in [3.63, 3.8) is 0 Å². The summed E-state index contributed by atoms with van der Waals surface area (Å²) < 4.78 is 1.05. The molecule has 1 aromatic carbocycles. The van der Waals surface area contributed by atoms with Gasteiger partial charge in [0, 0.05) is 17.2 Å². The van der Waals surface area contributed by atoms with E-state index in [-0.39, 0.29) is 0 Å². The predicted molar refractivity (Wildman–Crippen MR) is 84.8 cm³/mol. The molecule has 3 heteroatoms. The van der Waals surface area contributed by atoms with Gasteiger partial charge in [0.2, 0.25) is 0 Å². The third kappa shape index (κ3) is 3.80. The lowest BCUT2D eigenvalue weighted by Crippen LogP contribution is -2.07. The van der Waals surface area contributed by atoms with Gasteiger partial charge in [-0.25, -0.2) is 4.98 Å². The minimum atomic E-state index is 0.901. The molecule has 0 saturated carbocycles. The third-order valence-corrected chi connectivity index (χ3v) is 4.08. The molecule has 0 atom stereocenters. The summed E-state index contributed by atoms with van der Waals surface area (Å²) in [5.41, 5.74) is 5.28. The van der Waals surface area contributed by atoms with Crippen molar-refractivity contribution in [1.82, 2.24) is 4.98 Å². The summed E-state index contributed by atoms with van der Waals surface area (Å²) in [6, 6.07) is 8.68. The fourth-order valence-corrected chi connectivity index (χ4v) is 2.30. The molecule has 2 nitrogen and oxygen atoms in total. The van der Waals surface area contributed by atoms with Gasteiger partial charge in [0.1, 0.15) is 5.82 Å². The Labute approximate surface area is 123 Å². The molecule has 2 rings (SSSR count). The number of aromatic nitrogens is 1. The number of benzene rings is 1. The zero-order valence-electron chi connectivity index (χ0n) is 11.6. The Morgan fingerprint density at radius 3 is 2.58 bits per heavy atom. The van der Waals surface area contributed by atoms with Crippen molar-refractivity contribution in [2.75, 3.05) is 11.9 Å². The van der Waals surface area contributed by atoms with E-state index in [0.717, 1.165) is 23.3 Å². The second-order valence-electron chi connectivity index (χ2n) is 4.93. The molecule has 2 aromatic rings. The molecule has 0 bridgehead atoms. The fraction of sp³-hybridized carbons (Fsp3) is 0.312. The molecule has 19 heavy (non-hydrogen) atoms. The molecule has 0 amide bonds. The van der Waals surface area contributed by atoms with Crippen LogP contribution in [0.1, 0.15) is 22.3 Å². The minimum Gasteiger partial charge on any atom is -0.370 e. The van der Waals surface area contributed by atoms with Gasteiger partial charge < -0.3 is 5.32 Å². The maximum Gasteiger partial charge on any atom is 0.126 e. The van der Waals surface area contributed by atoms with Crippen LogP contribution < -0.4 is 5.32 Å². The molecular formula is C16H19BrN2. The highest BCUT2D eigenvalue weighted by atomic mass is 79.9. The van der Waals surface area contributed by atoms with Crippen molar-refractivity contribution < 1.29 is 0 Å². The second kappa shape index (κ2) is 6.20. The smallest absolute Gasteiger partial charge is 0.126 e. The predicted octanol–water partition coefficient (Wildman–Crippen LogP) is 4.42. The van der Waals surface area contributed by atoms with Crippen LogP contribution in [-0.2, 0) is 6.42 Å². The van der Waals surface area contributed by atoms with Crippen molar-refractivity contribution in [1.29, 1.82) is 0 Å². The molecule has 0 aliphatic rings. The van der Waals surface area contributed by atoms with Gasteiger partial charge in [0.15, 0.2) is 0 Å². The van der Waals surface area contributed by atoms with Crippen molar-refractivity contribution in [3.8, 4) is 0 Å². The van der Waals surface area contributed by atoms with Gasteiger partial charge in [0.05, 0.1) is 0 Å². The summed E-state index contributed by atoms with van der Waals surface area (Å²) >= 11 is 3.46. The van der Waals surface area contributed by atoms with Crippen molar-refractivity contribution in [3.05, 3.63) is 57.2 Å². The number of halogens is 1. The van der Waals surface area contributed by atoms with Crippen LogP contribution in [-0.4, -0.2) is 11.5 Å². The summed E-state index contributed by atoms with van der Waals surface area (Å²) in [5, 5.41) is 3.37. The van der Waals surface area contributed by atoms with E-state index in [4.69, 9.17) is 0 Å². The summed E-state index contributed by atoms with van der Waals surface area (Å²) in [6.07, 6.45) is 2.86. The number of rotatable bonds is 4. The first-order chi connectivity index (χ1) is 9.06. The number of anilines is 1. The monoisotopic (exact) mass is 318 g/mol. The van der Waals surface area contributed by atoms with Gasteiger partial charge in [-0.05, 0) is 65.9 Å². The number of nitrogens with zero attached hydrogens (tertiary/aromatic N) is 1. The lowest BCUT2D eigenvalue weighted by Gasteiger charge is -2.09. The molecule has 1 aromatic heterocycles. The number of hydrogen-bond acceptors (Lipinski definition) is 2. The van der Waals surface area contributed by atoms with E-state index in [1.165, 1.54) is 22.3 Å². The summed E-state index contributed by atoms with van der Waals surface area (Å²) in [7, 11) is 0. The van der Waals surface area contributed by atoms with Gasteiger partial charge in [-0.3, -0.25) is 0 Å². The Bertz CT molecular complexity index is 579. The van der Waals surface area contributed by atoms with Crippen LogP contribution in [0, 0.1) is 20.8 Å². The van der Waals surface area contributed by atoms with Gasteiger partial charge in [-0.15, -0.1) is 0 Å². The lowest BCUT2D eigenvalue weighted by atomic mass is 10.0. The number of aryl methyl sites for hydroxylation is 3. The average molecular weight is 319 g/mol. The third-order valence-electron chi connectivity index (χ3n) is 3.25. The normalized spacial score (nSPS) is 10.5. The second-order valence-corrected chi connectivity index (χ2v) is 5.78. The van der Waals surface area contributed by atoms with E-state index in [9.17, 15) is 0 Å². The fourth-order valence-electron chi connectivity index (χ4n) is 2.09. The van der Waals surface area contributed by atoms with E-state index in [1.807, 2.05) is 6.20 Å². The van der Waals surface area contributed by atoms with Crippen LogP contribution in [0.4, 0.5) is 5.82 Å². The van der Waals surface area contributed by atoms with Crippen LogP contribution in [0.15, 0.2) is 34.9 Å². The Kier molecular flexibility index (Phi) is 4.59. The maximum absolute atomic E-state index is 4.35.